The first-order valence-corrected chi connectivity index (χ1v) is 10.2. The van der Waals surface area contributed by atoms with Crippen molar-refractivity contribution >= 4 is 49.5 Å². The number of hydrogen-bond acceptors (Lipinski definition) is 5. The number of ether oxygens (including phenoxy) is 2. The molecule has 29 heavy (non-hydrogen) atoms. The minimum atomic E-state index is -1.22. The monoisotopic (exact) mass is 526 g/mol. The van der Waals surface area contributed by atoms with E-state index in [9.17, 15) is 14.7 Å². The van der Waals surface area contributed by atoms with E-state index in [0.29, 0.717) is 20.1 Å². The Hall–Kier alpha value is -2.32. The average Bonchev–Trinajstić information content (AvgIpc) is 2.71. The van der Waals surface area contributed by atoms with E-state index in [0.717, 1.165) is 0 Å². The quantitative estimate of drug-likeness (QED) is 0.263. The summed E-state index contributed by atoms with van der Waals surface area (Å²) in [5.41, 5.74) is 9.68. The van der Waals surface area contributed by atoms with Gasteiger partial charge in [0, 0.05) is 14.5 Å². The van der Waals surface area contributed by atoms with E-state index in [1.165, 1.54) is 0 Å². The molecule has 0 aromatic heterocycles. The Morgan fingerprint density at radius 2 is 1.55 bits per heavy atom. The number of rotatable bonds is 6. The zero-order chi connectivity index (χ0) is 21.8. The van der Waals surface area contributed by atoms with Gasteiger partial charge in [0.2, 0.25) is 0 Å². The second kappa shape index (κ2) is 13.0. The number of benzene rings is 2. The molecule has 0 fully saturated rings. The van der Waals surface area contributed by atoms with Crippen LogP contribution in [0.4, 0.5) is 0 Å². The molecule has 1 atom stereocenters. The van der Waals surface area contributed by atoms with E-state index in [4.69, 9.17) is 15.0 Å². The average molecular weight is 528 g/mol. The SMILES string of the molecule is CCOC(=O)C(=[N+]=[N-])c1ccccc1Br.CCOC(=O)C(O)c1ccccc1Br. The van der Waals surface area contributed by atoms with Gasteiger partial charge in [-0.15, -0.1) is 0 Å². The third kappa shape index (κ3) is 7.55. The summed E-state index contributed by atoms with van der Waals surface area (Å²) < 4.78 is 10.8. The summed E-state index contributed by atoms with van der Waals surface area (Å²) in [5.74, 6) is -1.27. The molecule has 0 heterocycles. The van der Waals surface area contributed by atoms with Crippen molar-refractivity contribution in [3.8, 4) is 0 Å². The minimum Gasteiger partial charge on any atom is -0.464 e. The van der Waals surface area contributed by atoms with Crippen LogP contribution in [0.25, 0.3) is 5.53 Å². The van der Waals surface area contributed by atoms with Crippen LogP contribution in [0.3, 0.4) is 0 Å². The predicted octanol–water partition coefficient (Wildman–Crippen LogP) is 4.08. The fraction of sp³-hybridized carbons (Fsp3) is 0.250. The number of nitrogens with zero attached hydrogens (tertiary/aromatic N) is 2. The maximum atomic E-state index is 11.4. The first-order valence-electron chi connectivity index (χ1n) is 8.60. The Bertz CT molecular complexity index is 898. The molecule has 2 aromatic rings. The molecule has 0 saturated carbocycles. The van der Waals surface area contributed by atoms with Gasteiger partial charge in [-0.3, -0.25) is 0 Å². The number of carbonyl (C=O) groups is 2. The molecule has 2 rings (SSSR count). The Morgan fingerprint density at radius 1 is 1.00 bits per heavy atom. The fourth-order valence-electron chi connectivity index (χ4n) is 2.10. The van der Waals surface area contributed by atoms with Crippen molar-refractivity contribution in [3.05, 3.63) is 74.1 Å². The normalized spacial score (nSPS) is 10.7. The summed E-state index contributed by atoms with van der Waals surface area (Å²) >= 11 is 6.51. The highest BCUT2D eigenvalue weighted by molar-refractivity contribution is 9.10. The third-order valence-electron chi connectivity index (χ3n) is 3.41. The van der Waals surface area contributed by atoms with Gasteiger partial charge in [0.25, 0.3) is 0 Å². The van der Waals surface area contributed by atoms with Crippen LogP contribution in [0.2, 0.25) is 0 Å². The third-order valence-corrected chi connectivity index (χ3v) is 4.82. The van der Waals surface area contributed by atoms with Gasteiger partial charge in [-0.1, -0.05) is 46.3 Å². The molecule has 0 aliphatic carbocycles. The number of hydrogen-bond donors (Lipinski definition) is 1. The van der Waals surface area contributed by atoms with E-state index in [1.807, 2.05) is 6.07 Å². The second-order valence-electron chi connectivity index (χ2n) is 5.33. The lowest BCUT2D eigenvalue weighted by Crippen LogP contribution is -2.20. The molecular weight excluding hydrogens is 508 g/mol. The molecule has 1 N–H and O–H groups in total. The standard InChI is InChI=1S/C10H9BrN2O2.C10H11BrO3/c1-2-15-10(14)9(13-12)7-5-3-4-6-8(7)11;1-2-14-10(13)9(12)7-5-3-4-6-8(7)11/h3-6H,2H2,1H3;3-6,9,12H,2H2,1H3. The van der Waals surface area contributed by atoms with Crippen molar-refractivity contribution in [3.63, 3.8) is 0 Å². The topological polar surface area (TPSA) is 109 Å². The van der Waals surface area contributed by atoms with Crippen molar-refractivity contribution < 1.29 is 29.0 Å². The van der Waals surface area contributed by atoms with Gasteiger partial charge in [-0.2, -0.15) is 4.79 Å². The lowest BCUT2D eigenvalue weighted by atomic mass is 10.1. The van der Waals surface area contributed by atoms with Crippen LogP contribution in [0.15, 0.2) is 57.5 Å². The van der Waals surface area contributed by atoms with Gasteiger partial charge in [-0.05, 0) is 48.0 Å². The lowest BCUT2D eigenvalue weighted by molar-refractivity contribution is -0.153. The molecule has 0 aliphatic heterocycles. The number of aliphatic hydroxyl groups excluding tert-OH is 1. The van der Waals surface area contributed by atoms with E-state index in [1.54, 1.807) is 56.3 Å². The predicted molar refractivity (Wildman–Crippen MR) is 114 cm³/mol. The molecule has 0 radical (unpaired) electrons. The molecule has 9 heteroatoms. The summed E-state index contributed by atoms with van der Waals surface area (Å²) in [6, 6.07) is 13.9. The van der Waals surface area contributed by atoms with Gasteiger partial charge in [-0.25, -0.2) is 9.59 Å². The largest absolute Gasteiger partial charge is 0.464 e. The van der Waals surface area contributed by atoms with Gasteiger partial charge in [0.05, 0.1) is 18.8 Å². The van der Waals surface area contributed by atoms with Crippen LogP contribution in [-0.4, -0.2) is 40.8 Å². The molecule has 0 saturated heterocycles. The maximum Gasteiger partial charge on any atom is 0.422 e. The van der Waals surface area contributed by atoms with Gasteiger partial charge in [0.15, 0.2) is 6.10 Å². The highest BCUT2D eigenvalue weighted by Gasteiger charge is 2.26. The van der Waals surface area contributed by atoms with Crippen molar-refractivity contribution in [1.29, 1.82) is 0 Å². The van der Waals surface area contributed by atoms with Crippen LogP contribution in [-0.2, 0) is 19.1 Å². The molecule has 0 aliphatic rings. The number of carbonyl (C=O) groups excluding carboxylic acids is 2. The molecule has 0 amide bonds. The zero-order valence-corrected chi connectivity index (χ0v) is 19.0. The minimum absolute atomic E-state index is 0.107. The van der Waals surface area contributed by atoms with Gasteiger partial charge >= 0.3 is 17.7 Å². The number of esters is 2. The molecule has 0 spiro atoms. The number of aliphatic hydroxyl groups is 1. The molecule has 7 nitrogen and oxygen atoms in total. The van der Waals surface area contributed by atoms with Crippen molar-refractivity contribution in [1.82, 2.24) is 0 Å². The van der Waals surface area contributed by atoms with E-state index < -0.39 is 18.0 Å². The Balaban J connectivity index is 0.000000291. The maximum absolute atomic E-state index is 11.4. The van der Waals surface area contributed by atoms with Gasteiger partial charge in [0.1, 0.15) is 0 Å². The van der Waals surface area contributed by atoms with E-state index in [-0.39, 0.29) is 18.9 Å². The zero-order valence-electron chi connectivity index (χ0n) is 15.8. The molecule has 2 aromatic carbocycles. The first kappa shape index (κ1) is 24.7. The van der Waals surface area contributed by atoms with Crippen LogP contribution >= 0.6 is 31.9 Å². The van der Waals surface area contributed by atoms with Crippen LogP contribution in [0.5, 0.6) is 0 Å². The van der Waals surface area contributed by atoms with Gasteiger partial charge < -0.3 is 20.1 Å². The summed E-state index contributed by atoms with van der Waals surface area (Å²) in [4.78, 5) is 25.5. The molecule has 154 valence electrons. The fourth-order valence-corrected chi connectivity index (χ4v) is 3.08. The smallest absolute Gasteiger partial charge is 0.422 e. The highest BCUT2D eigenvalue weighted by Crippen LogP contribution is 2.23. The Morgan fingerprint density at radius 3 is 2.07 bits per heavy atom. The Labute approximate surface area is 185 Å². The molecule has 1 unspecified atom stereocenters. The molecular formula is C20H20Br2N2O5. The van der Waals surface area contributed by atoms with Crippen molar-refractivity contribution in [2.75, 3.05) is 13.2 Å². The summed E-state index contributed by atoms with van der Waals surface area (Å²) in [6.07, 6.45) is -1.22. The Kier molecular flexibility index (Phi) is 11.1. The van der Waals surface area contributed by atoms with E-state index in [2.05, 4.69) is 36.6 Å². The van der Waals surface area contributed by atoms with Crippen LogP contribution in [0.1, 0.15) is 31.1 Å². The second-order valence-corrected chi connectivity index (χ2v) is 7.03. The summed E-state index contributed by atoms with van der Waals surface area (Å²) in [5, 5.41) is 9.60. The van der Waals surface area contributed by atoms with Crippen LogP contribution in [0, 0.1) is 0 Å². The summed E-state index contributed by atoms with van der Waals surface area (Å²) in [7, 11) is 0. The van der Waals surface area contributed by atoms with E-state index >= 15 is 0 Å². The highest BCUT2D eigenvalue weighted by atomic mass is 79.9. The first-order chi connectivity index (χ1) is 13.9. The molecule has 0 bridgehead atoms. The lowest BCUT2D eigenvalue weighted by Gasteiger charge is -2.10. The summed E-state index contributed by atoms with van der Waals surface area (Å²) in [6.45, 7) is 3.89. The van der Waals surface area contributed by atoms with Crippen LogP contribution < -0.4 is 0 Å². The van der Waals surface area contributed by atoms with Crippen molar-refractivity contribution in [2.45, 2.75) is 20.0 Å². The van der Waals surface area contributed by atoms with Crippen molar-refractivity contribution in [2.24, 2.45) is 0 Å². The number of halogens is 2.